The van der Waals surface area contributed by atoms with Crippen LogP contribution in [0.1, 0.15) is 5.69 Å². The summed E-state index contributed by atoms with van der Waals surface area (Å²) < 4.78 is 2.30. The number of aromatic nitrogens is 4. The maximum absolute atomic E-state index is 4.76. The van der Waals surface area contributed by atoms with Crippen LogP contribution in [-0.2, 0) is 13.1 Å². The van der Waals surface area contributed by atoms with Crippen LogP contribution < -0.4 is 10.2 Å². The van der Waals surface area contributed by atoms with E-state index in [0.717, 1.165) is 62.7 Å². The van der Waals surface area contributed by atoms with Crippen LogP contribution in [0.5, 0.6) is 0 Å². The van der Waals surface area contributed by atoms with Crippen molar-refractivity contribution in [3.63, 3.8) is 0 Å². The lowest BCUT2D eigenvalue weighted by Crippen LogP contribution is -2.44. The van der Waals surface area contributed by atoms with E-state index in [4.69, 9.17) is 4.98 Å². The van der Waals surface area contributed by atoms with Crippen molar-refractivity contribution in [2.75, 3.05) is 57.0 Å². The molecule has 0 aromatic carbocycles. The number of nitrogens with zero attached hydrogens (tertiary/aromatic N) is 7. The second-order valence-electron chi connectivity index (χ2n) is 7.81. The summed E-state index contributed by atoms with van der Waals surface area (Å²) in [4.78, 5) is 20.9. The molecule has 0 atom stereocenters. The van der Waals surface area contributed by atoms with Gasteiger partial charge in [-0.25, -0.2) is 9.97 Å². The van der Waals surface area contributed by atoms with Gasteiger partial charge in [-0.05, 0) is 32.3 Å². The van der Waals surface area contributed by atoms with Crippen LogP contribution in [0.25, 0.3) is 11.0 Å². The largest absolute Gasteiger partial charge is 0.368 e. The van der Waals surface area contributed by atoms with Gasteiger partial charge in [-0.1, -0.05) is 0 Å². The number of anilines is 3. The molecule has 28 heavy (non-hydrogen) atoms. The van der Waals surface area contributed by atoms with Gasteiger partial charge in [0.15, 0.2) is 0 Å². The van der Waals surface area contributed by atoms with Crippen molar-refractivity contribution < 1.29 is 0 Å². The fourth-order valence-electron chi connectivity index (χ4n) is 3.99. The summed E-state index contributed by atoms with van der Waals surface area (Å²) in [7, 11) is 4.32. The van der Waals surface area contributed by atoms with Crippen molar-refractivity contribution in [1.29, 1.82) is 0 Å². The summed E-state index contributed by atoms with van der Waals surface area (Å²) in [5.41, 5.74) is 3.46. The average molecular weight is 378 g/mol. The van der Waals surface area contributed by atoms with Crippen molar-refractivity contribution >= 4 is 28.5 Å². The summed E-state index contributed by atoms with van der Waals surface area (Å²) >= 11 is 0. The van der Waals surface area contributed by atoms with E-state index in [1.165, 1.54) is 11.4 Å². The molecule has 8 heteroatoms. The van der Waals surface area contributed by atoms with Gasteiger partial charge in [0, 0.05) is 63.1 Å². The Morgan fingerprint density at radius 1 is 0.893 bits per heavy atom. The highest BCUT2D eigenvalue weighted by atomic mass is 15.3. The molecule has 1 saturated heterocycles. The highest BCUT2D eigenvalue weighted by Crippen LogP contribution is 2.24. The standard InChI is InChI=1S/C20H26N8/c1-25-5-8-27(9-6-25)16-3-4-18(21-13-16)23-20-22-12-15-11-17-14-26(2)7-10-28(17)19(15)24-20/h3-4,11-13H,5-10,14H2,1-2H3,(H,21,22,23,24). The first kappa shape index (κ1) is 17.4. The fourth-order valence-corrected chi connectivity index (χ4v) is 3.99. The minimum absolute atomic E-state index is 0.590. The molecule has 2 aliphatic rings. The third-order valence-electron chi connectivity index (χ3n) is 5.71. The normalized spacial score (nSPS) is 18.4. The van der Waals surface area contributed by atoms with Crippen molar-refractivity contribution in [3.8, 4) is 0 Å². The Kier molecular flexibility index (Phi) is 4.37. The monoisotopic (exact) mass is 378 g/mol. The van der Waals surface area contributed by atoms with Crippen molar-refractivity contribution in [3.05, 3.63) is 36.3 Å². The molecule has 2 aliphatic heterocycles. The zero-order valence-corrected chi connectivity index (χ0v) is 16.5. The first-order valence-electron chi connectivity index (χ1n) is 9.86. The van der Waals surface area contributed by atoms with E-state index in [2.05, 4.69) is 60.8 Å². The average Bonchev–Trinajstić information content (AvgIpc) is 3.06. The van der Waals surface area contributed by atoms with Crippen molar-refractivity contribution in [1.82, 2.24) is 29.3 Å². The lowest BCUT2D eigenvalue weighted by atomic mass is 10.3. The Morgan fingerprint density at radius 2 is 1.71 bits per heavy atom. The number of rotatable bonds is 3. The fraction of sp³-hybridized carbons (Fsp3) is 0.450. The molecule has 0 radical (unpaired) electrons. The van der Waals surface area contributed by atoms with Gasteiger partial charge in [-0.3, -0.25) is 4.90 Å². The predicted octanol–water partition coefficient (Wildman–Crippen LogP) is 1.77. The number of nitrogens with one attached hydrogen (secondary N) is 1. The molecule has 0 aliphatic carbocycles. The molecule has 3 aromatic heterocycles. The number of pyridine rings is 1. The Morgan fingerprint density at radius 3 is 2.50 bits per heavy atom. The lowest BCUT2D eigenvalue weighted by molar-refractivity contribution is 0.272. The zero-order chi connectivity index (χ0) is 19.1. The van der Waals surface area contributed by atoms with Gasteiger partial charge >= 0.3 is 0 Å². The van der Waals surface area contributed by atoms with Gasteiger partial charge in [0.25, 0.3) is 0 Å². The van der Waals surface area contributed by atoms with E-state index in [1.807, 2.05) is 18.5 Å². The molecule has 0 amide bonds. The lowest BCUT2D eigenvalue weighted by Gasteiger charge is -2.33. The summed E-state index contributed by atoms with van der Waals surface area (Å²) in [6, 6.07) is 6.32. The van der Waals surface area contributed by atoms with E-state index in [9.17, 15) is 0 Å². The minimum Gasteiger partial charge on any atom is -0.368 e. The van der Waals surface area contributed by atoms with E-state index in [0.29, 0.717) is 5.95 Å². The maximum Gasteiger partial charge on any atom is 0.230 e. The Bertz CT molecular complexity index is 972. The van der Waals surface area contributed by atoms with Crippen LogP contribution in [0.4, 0.5) is 17.5 Å². The van der Waals surface area contributed by atoms with Gasteiger partial charge in [0.1, 0.15) is 11.5 Å². The van der Waals surface area contributed by atoms with Gasteiger partial charge in [-0.2, -0.15) is 4.98 Å². The summed E-state index contributed by atoms with van der Waals surface area (Å²) in [5, 5.41) is 4.35. The summed E-state index contributed by atoms with van der Waals surface area (Å²) in [6.45, 7) is 7.21. The quantitative estimate of drug-likeness (QED) is 0.745. The number of hydrogen-bond donors (Lipinski definition) is 1. The Hall–Kier alpha value is -2.71. The van der Waals surface area contributed by atoms with Crippen LogP contribution >= 0.6 is 0 Å². The predicted molar refractivity (Wildman–Crippen MR) is 111 cm³/mol. The second-order valence-corrected chi connectivity index (χ2v) is 7.81. The number of hydrogen-bond acceptors (Lipinski definition) is 7. The molecule has 5 rings (SSSR count). The van der Waals surface area contributed by atoms with E-state index in [1.54, 1.807) is 0 Å². The molecule has 146 valence electrons. The molecule has 8 nitrogen and oxygen atoms in total. The number of fused-ring (bicyclic) bond motifs is 3. The molecule has 1 N–H and O–H groups in total. The van der Waals surface area contributed by atoms with E-state index in [-0.39, 0.29) is 0 Å². The van der Waals surface area contributed by atoms with E-state index >= 15 is 0 Å². The maximum atomic E-state index is 4.76. The number of piperazine rings is 1. The van der Waals surface area contributed by atoms with Crippen molar-refractivity contribution in [2.45, 2.75) is 13.1 Å². The van der Waals surface area contributed by atoms with E-state index < -0.39 is 0 Å². The molecular weight excluding hydrogens is 352 g/mol. The molecule has 0 bridgehead atoms. The Labute approximate surface area is 164 Å². The molecule has 3 aromatic rings. The van der Waals surface area contributed by atoms with Crippen LogP contribution in [0.3, 0.4) is 0 Å². The topological polar surface area (TPSA) is 65.3 Å². The van der Waals surface area contributed by atoms with Gasteiger partial charge in [0.2, 0.25) is 5.95 Å². The zero-order valence-electron chi connectivity index (χ0n) is 16.5. The minimum atomic E-state index is 0.590. The highest BCUT2D eigenvalue weighted by molar-refractivity contribution is 5.78. The van der Waals surface area contributed by atoms with Crippen LogP contribution in [0, 0.1) is 0 Å². The highest BCUT2D eigenvalue weighted by Gasteiger charge is 2.18. The van der Waals surface area contributed by atoms with Crippen molar-refractivity contribution in [2.24, 2.45) is 0 Å². The molecule has 0 spiro atoms. The SMILES string of the molecule is CN1CCN(c2ccc(Nc3ncc4cc5n(c4n3)CCN(C)C5)nc2)CC1. The summed E-state index contributed by atoms with van der Waals surface area (Å²) in [5.74, 6) is 1.36. The second kappa shape index (κ2) is 7.03. The third kappa shape index (κ3) is 3.29. The smallest absolute Gasteiger partial charge is 0.230 e. The van der Waals surface area contributed by atoms with Gasteiger partial charge in [0.05, 0.1) is 11.9 Å². The molecular formula is C20H26N8. The van der Waals surface area contributed by atoms with Crippen LogP contribution in [0.15, 0.2) is 30.6 Å². The van der Waals surface area contributed by atoms with Crippen LogP contribution in [0.2, 0.25) is 0 Å². The molecule has 0 saturated carbocycles. The first-order valence-corrected chi connectivity index (χ1v) is 9.86. The first-order chi connectivity index (χ1) is 13.7. The number of likely N-dealkylation sites (N-methyl/N-ethyl adjacent to an activating group) is 2. The van der Waals surface area contributed by atoms with Gasteiger partial charge in [-0.15, -0.1) is 0 Å². The third-order valence-corrected chi connectivity index (χ3v) is 5.71. The molecule has 0 unspecified atom stereocenters. The Balaban J connectivity index is 1.34. The van der Waals surface area contributed by atoms with Crippen LogP contribution in [-0.4, -0.2) is 76.1 Å². The molecule has 5 heterocycles. The summed E-state index contributed by atoms with van der Waals surface area (Å²) in [6.07, 6.45) is 3.83. The van der Waals surface area contributed by atoms with Gasteiger partial charge < -0.3 is 19.7 Å². The molecule has 1 fully saturated rings.